The minimum absolute atomic E-state index is 0.125. The summed E-state index contributed by atoms with van der Waals surface area (Å²) in [6.45, 7) is 9.27. The average Bonchev–Trinajstić information content (AvgIpc) is 2.82. The molecule has 2 aromatic heterocycles. The van der Waals surface area contributed by atoms with E-state index in [9.17, 15) is 4.79 Å². The van der Waals surface area contributed by atoms with Crippen LogP contribution in [0.1, 0.15) is 51.7 Å². The fourth-order valence-corrected chi connectivity index (χ4v) is 2.35. The molecule has 0 fully saturated rings. The van der Waals surface area contributed by atoms with Crippen LogP contribution in [0.4, 0.5) is 0 Å². The Morgan fingerprint density at radius 1 is 1.26 bits per heavy atom. The first-order valence-electron chi connectivity index (χ1n) is 6.17. The van der Waals surface area contributed by atoms with Gasteiger partial charge in [-0.2, -0.15) is 5.10 Å². The molecule has 2 heterocycles. The molecule has 0 bridgehead atoms. The van der Waals surface area contributed by atoms with E-state index in [1.165, 1.54) is 0 Å². The van der Waals surface area contributed by atoms with Gasteiger partial charge in [-0.15, -0.1) is 0 Å². The molecule has 2 aromatic rings. The van der Waals surface area contributed by atoms with Gasteiger partial charge in [0.1, 0.15) is 11.3 Å². The van der Waals surface area contributed by atoms with Crippen molar-refractivity contribution in [3.63, 3.8) is 0 Å². The van der Waals surface area contributed by atoms with Crippen LogP contribution in [-0.2, 0) is 0 Å². The normalized spacial score (nSPS) is 12.5. The second-order valence-corrected chi connectivity index (χ2v) is 4.74. The van der Waals surface area contributed by atoms with Gasteiger partial charge in [0, 0.05) is 11.3 Å². The van der Waals surface area contributed by atoms with Crippen molar-refractivity contribution >= 4 is 5.91 Å². The van der Waals surface area contributed by atoms with Crippen LogP contribution < -0.4 is 5.32 Å². The van der Waals surface area contributed by atoms with Crippen LogP contribution in [0.25, 0.3) is 0 Å². The van der Waals surface area contributed by atoms with Gasteiger partial charge in [-0.05, 0) is 34.6 Å². The molecule has 0 aliphatic rings. The monoisotopic (exact) mass is 262 g/mol. The van der Waals surface area contributed by atoms with Crippen molar-refractivity contribution in [3.05, 3.63) is 34.0 Å². The summed E-state index contributed by atoms with van der Waals surface area (Å²) in [6, 6.07) is -0.125. The highest BCUT2D eigenvalue weighted by Gasteiger charge is 2.21. The molecule has 0 unspecified atom stereocenters. The van der Waals surface area contributed by atoms with E-state index >= 15 is 0 Å². The summed E-state index contributed by atoms with van der Waals surface area (Å²) in [5.41, 5.74) is 3.97. The van der Waals surface area contributed by atoms with Crippen molar-refractivity contribution in [1.82, 2.24) is 20.7 Å². The number of hydrogen-bond donors (Lipinski definition) is 2. The lowest BCUT2D eigenvalue weighted by Crippen LogP contribution is -2.28. The van der Waals surface area contributed by atoms with Gasteiger partial charge in [0.05, 0.1) is 17.4 Å². The zero-order valence-electron chi connectivity index (χ0n) is 11.8. The Morgan fingerprint density at radius 3 is 2.42 bits per heavy atom. The van der Waals surface area contributed by atoms with E-state index in [1.807, 2.05) is 20.8 Å². The summed E-state index contributed by atoms with van der Waals surface area (Å²) in [4.78, 5) is 12.2. The second-order valence-electron chi connectivity index (χ2n) is 4.74. The molecular formula is C13H18N4O2. The molecule has 0 aromatic carbocycles. The molecule has 1 atom stereocenters. The summed E-state index contributed by atoms with van der Waals surface area (Å²) < 4.78 is 5.01. The van der Waals surface area contributed by atoms with Gasteiger partial charge in [-0.3, -0.25) is 9.89 Å². The first kappa shape index (κ1) is 13.3. The zero-order valence-corrected chi connectivity index (χ0v) is 11.8. The maximum absolute atomic E-state index is 12.2. The lowest BCUT2D eigenvalue weighted by Gasteiger charge is -2.14. The molecule has 6 nitrogen and oxygen atoms in total. The zero-order chi connectivity index (χ0) is 14.2. The van der Waals surface area contributed by atoms with Crippen LogP contribution in [0.2, 0.25) is 0 Å². The molecule has 6 heteroatoms. The Kier molecular flexibility index (Phi) is 3.42. The molecule has 2 rings (SSSR count). The van der Waals surface area contributed by atoms with E-state index in [4.69, 9.17) is 4.52 Å². The number of amides is 1. The average molecular weight is 262 g/mol. The fraction of sp³-hybridized carbons (Fsp3) is 0.462. The van der Waals surface area contributed by atoms with Gasteiger partial charge in [0.2, 0.25) is 0 Å². The van der Waals surface area contributed by atoms with Gasteiger partial charge in [-0.1, -0.05) is 5.16 Å². The van der Waals surface area contributed by atoms with E-state index < -0.39 is 0 Å². The number of carbonyl (C=O) groups is 1. The van der Waals surface area contributed by atoms with E-state index in [1.54, 1.807) is 13.8 Å². The predicted molar refractivity (Wildman–Crippen MR) is 69.9 cm³/mol. The standard InChI is InChI=1S/C13H18N4O2/c1-6(11-7(2)15-16-8(11)3)14-13(18)12-9(4)17-19-10(12)5/h6H,1-5H3,(H,14,18)(H,15,16)/t6-/m1/s1. The van der Waals surface area contributed by atoms with Gasteiger partial charge in [0.15, 0.2) is 0 Å². The number of H-pyrrole nitrogens is 1. The van der Waals surface area contributed by atoms with E-state index in [2.05, 4.69) is 20.7 Å². The SMILES string of the molecule is Cc1noc(C)c1C(=O)N[C@H](C)c1c(C)n[nH]c1C. The van der Waals surface area contributed by atoms with Crippen molar-refractivity contribution < 1.29 is 9.32 Å². The molecule has 102 valence electrons. The Hall–Kier alpha value is -2.11. The minimum Gasteiger partial charge on any atom is -0.361 e. The van der Waals surface area contributed by atoms with Gasteiger partial charge >= 0.3 is 0 Å². The molecule has 0 saturated carbocycles. The number of carbonyl (C=O) groups excluding carboxylic acids is 1. The van der Waals surface area contributed by atoms with Crippen LogP contribution in [0.15, 0.2) is 4.52 Å². The number of aromatic nitrogens is 3. The van der Waals surface area contributed by atoms with E-state index in [0.29, 0.717) is 17.0 Å². The Balaban J connectivity index is 2.20. The molecule has 1 amide bonds. The van der Waals surface area contributed by atoms with Gasteiger partial charge in [-0.25, -0.2) is 0 Å². The molecule has 0 radical (unpaired) electrons. The Bertz CT molecular complexity index is 573. The lowest BCUT2D eigenvalue weighted by atomic mass is 10.1. The number of aryl methyl sites for hydroxylation is 4. The maximum atomic E-state index is 12.2. The summed E-state index contributed by atoms with van der Waals surface area (Å²) >= 11 is 0. The predicted octanol–water partition coefficient (Wildman–Crippen LogP) is 2.12. The van der Waals surface area contributed by atoms with Crippen LogP contribution in [0.5, 0.6) is 0 Å². The number of rotatable bonds is 3. The molecule has 0 aliphatic carbocycles. The van der Waals surface area contributed by atoms with Crippen molar-refractivity contribution in [2.75, 3.05) is 0 Å². The second kappa shape index (κ2) is 4.87. The topological polar surface area (TPSA) is 83.8 Å². The summed E-state index contributed by atoms with van der Waals surface area (Å²) in [7, 11) is 0. The third-order valence-electron chi connectivity index (χ3n) is 3.23. The van der Waals surface area contributed by atoms with Crippen LogP contribution in [-0.4, -0.2) is 21.3 Å². The highest BCUT2D eigenvalue weighted by molar-refractivity contribution is 5.96. The van der Waals surface area contributed by atoms with Crippen molar-refractivity contribution in [2.45, 2.75) is 40.7 Å². The lowest BCUT2D eigenvalue weighted by molar-refractivity contribution is 0.0937. The summed E-state index contributed by atoms with van der Waals surface area (Å²) in [5.74, 6) is 0.353. The highest BCUT2D eigenvalue weighted by Crippen LogP contribution is 2.20. The molecule has 19 heavy (non-hydrogen) atoms. The smallest absolute Gasteiger partial charge is 0.257 e. The van der Waals surface area contributed by atoms with Crippen LogP contribution in [0, 0.1) is 27.7 Å². The molecule has 2 N–H and O–H groups in total. The molecule has 0 saturated heterocycles. The number of aromatic amines is 1. The van der Waals surface area contributed by atoms with E-state index in [0.717, 1.165) is 17.0 Å². The third-order valence-corrected chi connectivity index (χ3v) is 3.23. The number of nitrogens with zero attached hydrogens (tertiary/aromatic N) is 2. The molecule has 0 aliphatic heterocycles. The largest absolute Gasteiger partial charge is 0.361 e. The van der Waals surface area contributed by atoms with Gasteiger partial charge < -0.3 is 9.84 Å². The first-order chi connectivity index (χ1) is 8.91. The molecular weight excluding hydrogens is 244 g/mol. The molecule has 0 spiro atoms. The van der Waals surface area contributed by atoms with Crippen molar-refractivity contribution in [1.29, 1.82) is 0 Å². The van der Waals surface area contributed by atoms with Crippen LogP contribution in [0.3, 0.4) is 0 Å². The summed E-state index contributed by atoms with van der Waals surface area (Å²) in [6.07, 6.45) is 0. The quantitative estimate of drug-likeness (QED) is 0.887. The number of nitrogens with one attached hydrogen (secondary N) is 2. The minimum atomic E-state index is -0.177. The van der Waals surface area contributed by atoms with Gasteiger partial charge in [0.25, 0.3) is 5.91 Å². The fourth-order valence-electron chi connectivity index (χ4n) is 2.35. The van der Waals surface area contributed by atoms with Crippen molar-refractivity contribution in [3.8, 4) is 0 Å². The van der Waals surface area contributed by atoms with Crippen molar-refractivity contribution in [2.24, 2.45) is 0 Å². The third kappa shape index (κ3) is 2.38. The highest BCUT2D eigenvalue weighted by atomic mass is 16.5. The summed E-state index contributed by atoms with van der Waals surface area (Å²) in [5, 5.41) is 13.8. The first-order valence-corrected chi connectivity index (χ1v) is 6.17. The Labute approximate surface area is 111 Å². The Morgan fingerprint density at radius 2 is 1.95 bits per heavy atom. The van der Waals surface area contributed by atoms with Crippen LogP contribution >= 0.6 is 0 Å². The van der Waals surface area contributed by atoms with E-state index in [-0.39, 0.29) is 11.9 Å². The maximum Gasteiger partial charge on any atom is 0.257 e. The number of hydrogen-bond acceptors (Lipinski definition) is 4.